The first kappa shape index (κ1) is 17.2. The molecule has 26 heavy (non-hydrogen) atoms. The number of benzene rings is 1. The number of anilines is 1. The first-order chi connectivity index (χ1) is 12.8. The van der Waals surface area contributed by atoms with Gasteiger partial charge in [-0.05, 0) is 30.0 Å². The van der Waals surface area contributed by atoms with Gasteiger partial charge < -0.3 is 4.90 Å². The van der Waals surface area contributed by atoms with E-state index in [1.165, 1.54) is 5.56 Å². The summed E-state index contributed by atoms with van der Waals surface area (Å²) in [4.78, 5) is 9.63. The standard InChI is InChI=1S/C20H20N4S2/c21-12-16-4-1-2-5-19(16)24-8-3-7-23(9-10-24)13-18-15-26-20(22-18)17-6-11-25-14-17/h1-2,4-6,11,14-15H,3,7-10,13H2. The van der Waals surface area contributed by atoms with Crippen molar-refractivity contribution in [1.82, 2.24) is 9.88 Å². The van der Waals surface area contributed by atoms with Crippen molar-refractivity contribution in [3.8, 4) is 16.6 Å². The molecule has 4 nitrogen and oxygen atoms in total. The summed E-state index contributed by atoms with van der Waals surface area (Å²) in [6.07, 6.45) is 1.10. The Hall–Kier alpha value is -2.20. The van der Waals surface area contributed by atoms with Crippen molar-refractivity contribution >= 4 is 28.4 Å². The fourth-order valence-corrected chi connectivity index (χ4v) is 4.86. The number of para-hydroxylation sites is 1. The highest BCUT2D eigenvalue weighted by Crippen LogP contribution is 2.26. The lowest BCUT2D eigenvalue weighted by molar-refractivity contribution is 0.282. The number of rotatable bonds is 4. The Morgan fingerprint density at radius 2 is 2.00 bits per heavy atom. The molecule has 0 bridgehead atoms. The molecule has 1 saturated heterocycles. The van der Waals surface area contributed by atoms with Crippen LogP contribution in [0, 0.1) is 11.3 Å². The van der Waals surface area contributed by atoms with Crippen LogP contribution < -0.4 is 4.90 Å². The van der Waals surface area contributed by atoms with Crippen LogP contribution in [0.5, 0.6) is 0 Å². The minimum absolute atomic E-state index is 0.765. The summed E-state index contributed by atoms with van der Waals surface area (Å²) >= 11 is 3.44. The maximum Gasteiger partial charge on any atom is 0.124 e. The highest BCUT2D eigenvalue weighted by Gasteiger charge is 2.18. The average molecular weight is 381 g/mol. The van der Waals surface area contributed by atoms with E-state index >= 15 is 0 Å². The normalized spacial score (nSPS) is 15.6. The van der Waals surface area contributed by atoms with Crippen LogP contribution in [0.3, 0.4) is 0 Å². The minimum atomic E-state index is 0.765. The second kappa shape index (κ2) is 8.00. The van der Waals surface area contributed by atoms with Gasteiger partial charge in [0.1, 0.15) is 11.1 Å². The molecule has 3 aromatic rings. The summed E-state index contributed by atoms with van der Waals surface area (Å²) in [7, 11) is 0. The molecule has 3 heterocycles. The number of nitrogens with zero attached hydrogens (tertiary/aromatic N) is 4. The maximum absolute atomic E-state index is 9.35. The van der Waals surface area contributed by atoms with Crippen LogP contribution in [-0.4, -0.2) is 36.1 Å². The molecule has 132 valence electrons. The Morgan fingerprint density at radius 1 is 1.08 bits per heavy atom. The van der Waals surface area contributed by atoms with Gasteiger partial charge in [0.15, 0.2) is 0 Å². The molecule has 0 amide bonds. The smallest absolute Gasteiger partial charge is 0.124 e. The molecular weight excluding hydrogens is 360 g/mol. The van der Waals surface area contributed by atoms with Crippen molar-refractivity contribution in [1.29, 1.82) is 5.26 Å². The zero-order valence-electron chi connectivity index (χ0n) is 14.5. The zero-order chi connectivity index (χ0) is 17.8. The maximum atomic E-state index is 9.35. The lowest BCUT2D eigenvalue weighted by Gasteiger charge is -2.24. The second-order valence-electron chi connectivity index (χ2n) is 6.40. The first-order valence-corrected chi connectivity index (χ1v) is 10.6. The zero-order valence-corrected chi connectivity index (χ0v) is 16.1. The van der Waals surface area contributed by atoms with Crippen molar-refractivity contribution in [3.05, 3.63) is 57.7 Å². The second-order valence-corrected chi connectivity index (χ2v) is 8.04. The van der Waals surface area contributed by atoms with Gasteiger partial charge in [0.2, 0.25) is 0 Å². The van der Waals surface area contributed by atoms with E-state index in [2.05, 4.69) is 44.1 Å². The summed E-state index contributed by atoms with van der Waals surface area (Å²) in [5, 5.41) is 16.9. The number of thiophene rings is 1. The van der Waals surface area contributed by atoms with E-state index in [1.54, 1.807) is 22.7 Å². The molecule has 0 spiro atoms. The Morgan fingerprint density at radius 3 is 2.85 bits per heavy atom. The molecule has 4 rings (SSSR count). The van der Waals surface area contributed by atoms with E-state index in [4.69, 9.17) is 4.98 Å². The van der Waals surface area contributed by atoms with E-state index in [0.717, 1.165) is 61.1 Å². The fraction of sp³-hybridized carbons (Fsp3) is 0.300. The quantitative estimate of drug-likeness (QED) is 0.670. The highest BCUT2D eigenvalue weighted by atomic mass is 32.1. The third-order valence-electron chi connectivity index (χ3n) is 4.66. The van der Waals surface area contributed by atoms with Crippen molar-refractivity contribution in [2.24, 2.45) is 0 Å². The molecule has 0 radical (unpaired) electrons. The summed E-state index contributed by atoms with van der Waals surface area (Å²) in [5.41, 5.74) is 4.20. The summed E-state index contributed by atoms with van der Waals surface area (Å²) in [6.45, 7) is 4.89. The number of thiazole rings is 1. The van der Waals surface area contributed by atoms with Gasteiger partial charge in [0.05, 0.1) is 16.9 Å². The van der Waals surface area contributed by atoms with Crippen LogP contribution in [0.2, 0.25) is 0 Å². The number of hydrogen-bond donors (Lipinski definition) is 0. The van der Waals surface area contributed by atoms with Crippen molar-refractivity contribution < 1.29 is 0 Å². The van der Waals surface area contributed by atoms with E-state index in [-0.39, 0.29) is 0 Å². The molecule has 1 aliphatic heterocycles. The molecule has 2 aromatic heterocycles. The van der Waals surface area contributed by atoms with Crippen molar-refractivity contribution in [2.75, 3.05) is 31.1 Å². The molecular formula is C20H20N4S2. The summed E-state index contributed by atoms with van der Waals surface area (Å²) in [6, 6.07) is 12.3. The van der Waals surface area contributed by atoms with Crippen LogP contribution in [0.1, 0.15) is 17.7 Å². The Labute approximate surface area is 162 Å². The van der Waals surface area contributed by atoms with Gasteiger partial charge >= 0.3 is 0 Å². The number of hydrogen-bond acceptors (Lipinski definition) is 6. The van der Waals surface area contributed by atoms with Crippen LogP contribution in [0.25, 0.3) is 10.6 Å². The van der Waals surface area contributed by atoms with Gasteiger partial charge in [-0.2, -0.15) is 16.6 Å². The van der Waals surface area contributed by atoms with E-state index in [0.29, 0.717) is 0 Å². The fourth-order valence-electron chi connectivity index (χ4n) is 3.34. The minimum Gasteiger partial charge on any atom is -0.369 e. The molecule has 0 atom stereocenters. The van der Waals surface area contributed by atoms with Crippen molar-refractivity contribution in [3.63, 3.8) is 0 Å². The van der Waals surface area contributed by atoms with Gasteiger partial charge in [-0.15, -0.1) is 11.3 Å². The number of nitriles is 1. The van der Waals surface area contributed by atoms with E-state index in [9.17, 15) is 5.26 Å². The molecule has 1 aliphatic rings. The SMILES string of the molecule is N#Cc1ccccc1N1CCCN(Cc2csc(-c3ccsc3)n2)CC1. The van der Waals surface area contributed by atoms with Gasteiger partial charge in [0, 0.05) is 49.0 Å². The monoisotopic (exact) mass is 380 g/mol. The predicted octanol–water partition coefficient (Wildman–Crippen LogP) is 4.46. The Balaban J connectivity index is 1.41. The lowest BCUT2D eigenvalue weighted by Crippen LogP contribution is -2.30. The molecule has 0 unspecified atom stereocenters. The molecule has 1 fully saturated rings. The van der Waals surface area contributed by atoms with Crippen LogP contribution in [0.4, 0.5) is 5.69 Å². The van der Waals surface area contributed by atoms with Gasteiger partial charge in [-0.1, -0.05) is 12.1 Å². The third-order valence-corrected chi connectivity index (χ3v) is 6.28. The topological polar surface area (TPSA) is 43.2 Å². The third kappa shape index (κ3) is 3.80. The summed E-state index contributed by atoms with van der Waals surface area (Å²) < 4.78 is 0. The molecule has 6 heteroatoms. The average Bonchev–Trinajstić information content (AvgIpc) is 3.31. The van der Waals surface area contributed by atoms with E-state index in [1.807, 2.05) is 18.2 Å². The van der Waals surface area contributed by atoms with Gasteiger partial charge in [-0.25, -0.2) is 4.98 Å². The van der Waals surface area contributed by atoms with Gasteiger partial charge in [-0.3, -0.25) is 4.90 Å². The van der Waals surface area contributed by atoms with E-state index < -0.39 is 0 Å². The van der Waals surface area contributed by atoms with Crippen molar-refractivity contribution in [2.45, 2.75) is 13.0 Å². The van der Waals surface area contributed by atoms with Crippen LogP contribution in [0.15, 0.2) is 46.5 Å². The molecule has 0 saturated carbocycles. The lowest BCUT2D eigenvalue weighted by atomic mass is 10.1. The highest BCUT2D eigenvalue weighted by molar-refractivity contribution is 7.14. The molecule has 0 aliphatic carbocycles. The Bertz CT molecular complexity index is 895. The van der Waals surface area contributed by atoms with Crippen LogP contribution >= 0.6 is 22.7 Å². The van der Waals surface area contributed by atoms with Crippen LogP contribution in [-0.2, 0) is 6.54 Å². The van der Waals surface area contributed by atoms with Gasteiger partial charge in [0.25, 0.3) is 0 Å². The Kier molecular flexibility index (Phi) is 5.30. The first-order valence-electron chi connectivity index (χ1n) is 8.77. The molecule has 1 aromatic carbocycles. The number of aromatic nitrogens is 1. The summed E-state index contributed by atoms with van der Waals surface area (Å²) in [5.74, 6) is 0. The largest absolute Gasteiger partial charge is 0.369 e. The molecule has 0 N–H and O–H groups in total. The predicted molar refractivity (Wildman–Crippen MR) is 109 cm³/mol.